The van der Waals surface area contributed by atoms with Crippen LogP contribution in [0.4, 0.5) is 0 Å². The van der Waals surface area contributed by atoms with Gasteiger partial charge in [0.15, 0.2) is 0 Å². The van der Waals surface area contributed by atoms with Gasteiger partial charge in [-0.25, -0.2) is 0 Å². The van der Waals surface area contributed by atoms with Crippen molar-refractivity contribution in [2.24, 2.45) is 5.92 Å². The monoisotopic (exact) mass is 297 g/mol. The Morgan fingerprint density at radius 3 is 2.62 bits per heavy atom. The summed E-state index contributed by atoms with van der Waals surface area (Å²) < 4.78 is 12.3. The summed E-state index contributed by atoms with van der Waals surface area (Å²) in [5.41, 5.74) is 0.208. The van der Waals surface area contributed by atoms with Crippen LogP contribution in [0.25, 0.3) is 0 Å². The van der Waals surface area contributed by atoms with E-state index in [1.165, 1.54) is 44.9 Å². The lowest BCUT2D eigenvalue weighted by Gasteiger charge is -2.43. The Labute approximate surface area is 131 Å². The first-order valence-electron chi connectivity index (χ1n) is 9.23. The molecule has 2 rings (SSSR count). The van der Waals surface area contributed by atoms with Gasteiger partial charge in [0.25, 0.3) is 0 Å². The zero-order valence-electron chi connectivity index (χ0n) is 14.3. The molecule has 21 heavy (non-hydrogen) atoms. The van der Waals surface area contributed by atoms with E-state index in [4.69, 9.17) is 9.47 Å². The van der Waals surface area contributed by atoms with Crippen LogP contribution >= 0.6 is 0 Å². The molecule has 1 aliphatic carbocycles. The Bertz CT molecular complexity index is 289. The third kappa shape index (κ3) is 4.43. The van der Waals surface area contributed by atoms with Gasteiger partial charge < -0.3 is 14.8 Å². The van der Waals surface area contributed by atoms with Crippen LogP contribution in [0.5, 0.6) is 0 Å². The summed E-state index contributed by atoms with van der Waals surface area (Å²) in [6.45, 7) is 9.47. The van der Waals surface area contributed by atoms with E-state index in [2.05, 4.69) is 26.1 Å². The van der Waals surface area contributed by atoms with Gasteiger partial charge in [-0.1, -0.05) is 26.7 Å². The van der Waals surface area contributed by atoms with Gasteiger partial charge in [-0.15, -0.1) is 0 Å². The highest BCUT2D eigenvalue weighted by molar-refractivity contribution is 4.96. The quantitative estimate of drug-likeness (QED) is 0.737. The second-order valence-electron chi connectivity index (χ2n) is 6.87. The Morgan fingerprint density at radius 2 is 2.00 bits per heavy atom. The molecule has 3 atom stereocenters. The molecule has 0 bridgehead atoms. The second kappa shape index (κ2) is 8.50. The fourth-order valence-electron chi connectivity index (χ4n) is 4.34. The second-order valence-corrected chi connectivity index (χ2v) is 6.87. The first-order chi connectivity index (χ1) is 10.2. The van der Waals surface area contributed by atoms with E-state index in [1.807, 2.05) is 0 Å². The van der Waals surface area contributed by atoms with Crippen molar-refractivity contribution in [3.05, 3.63) is 0 Å². The van der Waals surface area contributed by atoms with E-state index >= 15 is 0 Å². The van der Waals surface area contributed by atoms with Crippen LogP contribution in [-0.4, -0.2) is 37.5 Å². The standard InChI is InChI=1S/C18H35NO2/c1-4-12-19-17(16(5-2)20-6-3)15-9-13-21-18(14-15)10-7-8-11-18/h15-17,19H,4-14H2,1-3H3. The fraction of sp³-hybridized carbons (Fsp3) is 1.00. The molecule has 124 valence electrons. The first kappa shape index (κ1) is 17.2. The summed E-state index contributed by atoms with van der Waals surface area (Å²) >= 11 is 0. The van der Waals surface area contributed by atoms with Gasteiger partial charge >= 0.3 is 0 Å². The van der Waals surface area contributed by atoms with E-state index in [1.54, 1.807) is 0 Å². The van der Waals surface area contributed by atoms with Crippen LogP contribution in [0.2, 0.25) is 0 Å². The smallest absolute Gasteiger partial charge is 0.0728 e. The van der Waals surface area contributed by atoms with Crippen LogP contribution in [0.1, 0.15) is 72.1 Å². The lowest BCUT2D eigenvalue weighted by molar-refractivity contribution is -0.109. The number of hydrogen-bond acceptors (Lipinski definition) is 3. The highest BCUT2D eigenvalue weighted by Crippen LogP contribution is 2.43. The van der Waals surface area contributed by atoms with Crippen LogP contribution in [0.15, 0.2) is 0 Å². The van der Waals surface area contributed by atoms with Gasteiger partial charge in [0.1, 0.15) is 0 Å². The van der Waals surface area contributed by atoms with Crippen molar-refractivity contribution in [2.75, 3.05) is 19.8 Å². The minimum Gasteiger partial charge on any atom is -0.377 e. The highest BCUT2D eigenvalue weighted by atomic mass is 16.5. The van der Waals surface area contributed by atoms with Gasteiger partial charge in [0.2, 0.25) is 0 Å². The lowest BCUT2D eigenvalue weighted by Crippen LogP contribution is -2.51. The third-order valence-electron chi connectivity index (χ3n) is 5.37. The Morgan fingerprint density at radius 1 is 1.24 bits per heavy atom. The zero-order valence-corrected chi connectivity index (χ0v) is 14.3. The van der Waals surface area contributed by atoms with Gasteiger partial charge in [0.05, 0.1) is 11.7 Å². The zero-order chi connectivity index (χ0) is 15.1. The van der Waals surface area contributed by atoms with Gasteiger partial charge in [-0.2, -0.15) is 0 Å². The van der Waals surface area contributed by atoms with Crippen molar-refractivity contribution >= 4 is 0 Å². The van der Waals surface area contributed by atoms with E-state index in [9.17, 15) is 0 Å². The number of hydrogen-bond donors (Lipinski definition) is 1. The van der Waals surface area contributed by atoms with Crippen LogP contribution in [0.3, 0.4) is 0 Å². The molecule has 3 nitrogen and oxygen atoms in total. The average Bonchev–Trinajstić information content (AvgIpc) is 2.94. The summed E-state index contributed by atoms with van der Waals surface area (Å²) in [5.74, 6) is 0.708. The molecule has 0 amide bonds. The summed E-state index contributed by atoms with van der Waals surface area (Å²) in [6.07, 6.45) is 10.3. The van der Waals surface area contributed by atoms with Gasteiger partial charge in [-0.05, 0) is 57.9 Å². The molecule has 0 aromatic carbocycles. The minimum absolute atomic E-state index is 0.208. The van der Waals surface area contributed by atoms with E-state index < -0.39 is 0 Å². The SMILES string of the molecule is CCCNC(C1CCOC2(CCCC2)C1)C(CC)OCC. The van der Waals surface area contributed by atoms with Crippen molar-refractivity contribution in [1.29, 1.82) is 0 Å². The van der Waals surface area contributed by atoms with Crippen LogP contribution in [-0.2, 0) is 9.47 Å². The Hall–Kier alpha value is -0.120. The Balaban J connectivity index is 2.03. The third-order valence-corrected chi connectivity index (χ3v) is 5.37. The van der Waals surface area contributed by atoms with Crippen molar-refractivity contribution in [3.8, 4) is 0 Å². The molecule has 1 saturated carbocycles. The molecule has 0 radical (unpaired) electrons. The van der Waals surface area contributed by atoms with Crippen molar-refractivity contribution < 1.29 is 9.47 Å². The molecule has 3 heteroatoms. The normalized spacial score (nSPS) is 27.9. The van der Waals surface area contributed by atoms with Crippen molar-refractivity contribution in [1.82, 2.24) is 5.32 Å². The predicted molar refractivity (Wildman–Crippen MR) is 87.7 cm³/mol. The maximum atomic E-state index is 6.22. The van der Waals surface area contributed by atoms with Crippen LogP contribution < -0.4 is 5.32 Å². The first-order valence-corrected chi connectivity index (χ1v) is 9.23. The predicted octanol–water partition coefficient (Wildman–Crippen LogP) is 3.91. The van der Waals surface area contributed by atoms with Crippen molar-refractivity contribution in [2.45, 2.75) is 89.9 Å². The van der Waals surface area contributed by atoms with Crippen molar-refractivity contribution in [3.63, 3.8) is 0 Å². The van der Waals surface area contributed by atoms with Crippen LogP contribution in [0, 0.1) is 5.92 Å². The highest BCUT2D eigenvalue weighted by Gasteiger charge is 2.43. The summed E-state index contributed by atoms with van der Waals surface area (Å²) in [6, 6.07) is 0.497. The molecule has 1 aliphatic heterocycles. The summed E-state index contributed by atoms with van der Waals surface area (Å²) in [5, 5.41) is 3.80. The van der Waals surface area contributed by atoms with E-state index in [-0.39, 0.29) is 5.60 Å². The molecular formula is C18H35NO2. The molecular weight excluding hydrogens is 262 g/mol. The van der Waals surface area contributed by atoms with E-state index in [0.29, 0.717) is 18.1 Å². The topological polar surface area (TPSA) is 30.5 Å². The molecule has 1 spiro atoms. The molecule has 2 fully saturated rings. The molecule has 0 aromatic heterocycles. The molecule has 2 aliphatic rings. The molecule has 1 N–H and O–H groups in total. The summed E-state index contributed by atoms with van der Waals surface area (Å²) in [7, 11) is 0. The van der Waals surface area contributed by atoms with Gasteiger partial charge in [-0.3, -0.25) is 0 Å². The lowest BCUT2D eigenvalue weighted by atomic mass is 9.78. The Kier molecular flexibility index (Phi) is 6.97. The average molecular weight is 297 g/mol. The fourth-order valence-corrected chi connectivity index (χ4v) is 4.34. The summed E-state index contributed by atoms with van der Waals surface area (Å²) in [4.78, 5) is 0. The maximum absolute atomic E-state index is 6.22. The maximum Gasteiger partial charge on any atom is 0.0728 e. The number of nitrogens with one attached hydrogen (secondary N) is 1. The van der Waals surface area contributed by atoms with E-state index in [0.717, 1.165) is 26.2 Å². The molecule has 1 saturated heterocycles. The number of rotatable bonds is 8. The minimum atomic E-state index is 0.208. The number of ether oxygens (including phenoxy) is 2. The van der Waals surface area contributed by atoms with Gasteiger partial charge in [0, 0.05) is 19.3 Å². The molecule has 0 aromatic rings. The largest absolute Gasteiger partial charge is 0.377 e. The molecule has 3 unspecified atom stereocenters. The molecule has 1 heterocycles.